The lowest BCUT2D eigenvalue weighted by atomic mass is 9.76. The molecule has 1 aromatic heterocycles. The topological polar surface area (TPSA) is 88.8 Å². The van der Waals surface area contributed by atoms with Gasteiger partial charge in [0, 0.05) is 19.0 Å². The molecular weight excluding hydrogens is 384 g/mol. The summed E-state index contributed by atoms with van der Waals surface area (Å²) in [5.41, 5.74) is -0.658. The molecular formula is C22H30N4O4. The van der Waals surface area contributed by atoms with Crippen molar-refractivity contribution in [3.8, 4) is 0 Å². The van der Waals surface area contributed by atoms with Gasteiger partial charge in [-0.3, -0.25) is 9.59 Å². The van der Waals surface area contributed by atoms with E-state index in [2.05, 4.69) is 24.0 Å². The van der Waals surface area contributed by atoms with E-state index >= 15 is 0 Å². The van der Waals surface area contributed by atoms with Gasteiger partial charge in [-0.25, -0.2) is 0 Å². The van der Waals surface area contributed by atoms with Crippen LogP contribution in [-0.4, -0.2) is 63.1 Å². The lowest BCUT2D eigenvalue weighted by Crippen LogP contribution is -2.45. The Labute approximate surface area is 176 Å². The number of nitrogens with zero attached hydrogens (tertiary/aromatic N) is 4. The Morgan fingerprint density at radius 1 is 1.37 bits per heavy atom. The van der Waals surface area contributed by atoms with Gasteiger partial charge in [0.05, 0.1) is 31.0 Å². The molecule has 0 radical (unpaired) electrons. The average Bonchev–Trinajstić information content (AvgIpc) is 3.43. The Kier molecular flexibility index (Phi) is 4.72. The molecule has 4 heterocycles. The van der Waals surface area contributed by atoms with Crippen LogP contribution in [0.3, 0.4) is 0 Å². The summed E-state index contributed by atoms with van der Waals surface area (Å²) >= 11 is 0. The molecule has 1 aliphatic carbocycles. The molecule has 4 aliphatic rings. The number of amides is 2. The van der Waals surface area contributed by atoms with Gasteiger partial charge in [0.15, 0.2) is 5.82 Å². The Morgan fingerprint density at radius 3 is 2.80 bits per heavy atom. The van der Waals surface area contributed by atoms with E-state index in [1.165, 1.54) is 6.42 Å². The van der Waals surface area contributed by atoms with Crippen molar-refractivity contribution in [2.45, 2.75) is 76.2 Å². The van der Waals surface area contributed by atoms with E-state index in [0.717, 1.165) is 25.7 Å². The van der Waals surface area contributed by atoms with Crippen molar-refractivity contribution >= 4 is 11.8 Å². The third-order valence-electron chi connectivity index (χ3n) is 7.49. The number of rotatable bonds is 7. The van der Waals surface area contributed by atoms with Crippen LogP contribution in [-0.2, 0) is 20.9 Å². The quantitative estimate of drug-likeness (QED) is 0.636. The minimum atomic E-state index is -0.658. The van der Waals surface area contributed by atoms with E-state index in [4.69, 9.17) is 9.26 Å². The molecule has 1 aromatic rings. The number of hydrogen-bond acceptors (Lipinski definition) is 6. The first-order chi connectivity index (χ1) is 14.5. The second-order valence-electron chi connectivity index (χ2n) is 9.21. The summed E-state index contributed by atoms with van der Waals surface area (Å²) in [6.45, 7) is 5.01. The van der Waals surface area contributed by atoms with Crippen molar-refractivity contribution in [1.29, 1.82) is 0 Å². The molecule has 4 atom stereocenters. The summed E-state index contributed by atoms with van der Waals surface area (Å²) in [6, 6.07) is 0.186. The lowest BCUT2D eigenvalue weighted by molar-refractivity contribution is -0.143. The smallest absolute Gasteiger partial charge is 0.230 e. The van der Waals surface area contributed by atoms with Crippen LogP contribution >= 0.6 is 0 Å². The van der Waals surface area contributed by atoms with Crippen LogP contribution in [0.1, 0.15) is 63.6 Å². The van der Waals surface area contributed by atoms with Gasteiger partial charge in [-0.05, 0) is 25.7 Å². The molecule has 0 N–H and O–H groups in total. The van der Waals surface area contributed by atoms with Gasteiger partial charge >= 0.3 is 0 Å². The van der Waals surface area contributed by atoms with Crippen LogP contribution in [0.4, 0.5) is 0 Å². The number of likely N-dealkylation sites (tertiary alicyclic amines) is 1. The Balaban J connectivity index is 1.32. The highest BCUT2D eigenvalue weighted by atomic mass is 16.5. The number of carbonyl (C=O) groups excluding carboxylic acids is 2. The third kappa shape index (κ3) is 2.83. The first kappa shape index (κ1) is 19.7. The minimum absolute atomic E-state index is 0.0501. The lowest BCUT2D eigenvalue weighted by Gasteiger charge is -2.29. The molecule has 30 heavy (non-hydrogen) atoms. The summed E-state index contributed by atoms with van der Waals surface area (Å²) < 4.78 is 11.6. The standard InChI is InChI=1S/C22H30N4O4/c1-4-14(5-2)26-12-22-10-9-15(29-22)17(18(22)21(26)28)20(27)25(3)11-16-23-19(30-24-16)13-7-6-8-13/h9-10,13-15,17-18H,4-8,11-12H2,1-3H3/t15-,17-,18-,22-/m0/s1. The zero-order valence-corrected chi connectivity index (χ0v) is 17.9. The molecule has 0 unspecified atom stereocenters. The SMILES string of the molecule is CCC(CC)N1C[C@]23C=C[C@H](O2)[C@H](C(=O)N(C)Cc2noc(C4CCC4)n2)[C@H]3C1=O. The van der Waals surface area contributed by atoms with Crippen LogP contribution < -0.4 is 0 Å². The molecule has 8 nitrogen and oxygen atoms in total. The Bertz CT molecular complexity index is 874. The highest BCUT2D eigenvalue weighted by Crippen LogP contribution is 2.53. The number of carbonyl (C=O) groups is 2. The predicted octanol–water partition coefficient (Wildman–Crippen LogP) is 2.27. The summed E-state index contributed by atoms with van der Waals surface area (Å²) in [5, 5.41) is 4.05. The van der Waals surface area contributed by atoms with Crippen molar-refractivity contribution in [3.05, 3.63) is 23.9 Å². The van der Waals surface area contributed by atoms with Crippen molar-refractivity contribution < 1.29 is 18.8 Å². The molecule has 3 aliphatic heterocycles. The fourth-order valence-corrected chi connectivity index (χ4v) is 5.55. The maximum atomic E-state index is 13.4. The third-order valence-corrected chi connectivity index (χ3v) is 7.49. The second kappa shape index (κ2) is 7.18. The number of aromatic nitrogens is 2. The first-order valence-electron chi connectivity index (χ1n) is 11.2. The van der Waals surface area contributed by atoms with Gasteiger partial charge in [-0.15, -0.1) is 0 Å². The number of fused-ring (bicyclic) bond motifs is 1. The first-order valence-corrected chi connectivity index (χ1v) is 11.2. The molecule has 5 rings (SSSR count). The van der Waals surface area contributed by atoms with Crippen molar-refractivity contribution in [3.63, 3.8) is 0 Å². The molecule has 162 valence electrons. The zero-order chi connectivity index (χ0) is 21.0. The summed E-state index contributed by atoms with van der Waals surface area (Å²) in [6.07, 6.45) is 8.80. The summed E-state index contributed by atoms with van der Waals surface area (Å²) in [4.78, 5) is 34.8. The van der Waals surface area contributed by atoms with E-state index in [1.54, 1.807) is 11.9 Å². The van der Waals surface area contributed by atoms with E-state index in [0.29, 0.717) is 24.2 Å². The van der Waals surface area contributed by atoms with E-state index in [9.17, 15) is 9.59 Å². The van der Waals surface area contributed by atoms with E-state index in [-0.39, 0.29) is 30.5 Å². The monoisotopic (exact) mass is 414 g/mol. The highest BCUT2D eigenvalue weighted by molar-refractivity contribution is 5.93. The van der Waals surface area contributed by atoms with Gasteiger partial charge < -0.3 is 19.1 Å². The van der Waals surface area contributed by atoms with Crippen molar-refractivity contribution in [1.82, 2.24) is 19.9 Å². The van der Waals surface area contributed by atoms with Crippen LogP contribution in [0, 0.1) is 11.8 Å². The normalized spacial score (nSPS) is 32.2. The van der Waals surface area contributed by atoms with E-state index in [1.807, 2.05) is 17.1 Å². The van der Waals surface area contributed by atoms with Crippen molar-refractivity contribution in [2.24, 2.45) is 11.8 Å². The molecule has 1 saturated carbocycles. The molecule has 2 bridgehead atoms. The fraction of sp³-hybridized carbons (Fsp3) is 0.727. The van der Waals surface area contributed by atoms with Gasteiger partial charge in [0.25, 0.3) is 0 Å². The number of ether oxygens (including phenoxy) is 1. The second-order valence-corrected chi connectivity index (χ2v) is 9.21. The molecule has 2 amide bonds. The largest absolute Gasteiger partial charge is 0.360 e. The van der Waals surface area contributed by atoms with Gasteiger partial charge in [0.1, 0.15) is 5.60 Å². The Hall–Kier alpha value is -2.22. The van der Waals surface area contributed by atoms with Crippen molar-refractivity contribution in [2.75, 3.05) is 13.6 Å². The molecule has 2 saturated heterocycles. The summed E-state index contributed by atoms with van der Waals surface area (Å²) in [5.74, 6) is 0.569. The predicted molar refractivity (Wildman–Crippen MR) is 107 cm³/mol. The van der Waals surface area contributed by atoms with Crippen LogP contribution in [0.2, 0.25) is 0 Å². The Morgan fingerprint density at radius 2 is 2.13 bits per heavy atom. The highest BCUT2D eigenvalue weighted by Gasteiger charge is 2.67. The maximum absolute atomic E-state index is 13.4. The maximum Gasteiger partial charge on any atom is 0.230 e. The van der Waals surface area contributed by atoms with E-state index < -0.39 is 17.4 Å². The fourth-order valence-electron chi connectivity index (χ4n) is 5.55. The zero-order valence-electron chi connectivity index (χ0n) is 17.9. The van der Waals surface area contributed by atoms with Gasteiger partial charge in [-0.1, -0.05) is 37.6 Å². The van der Waals surface area contributed by atoms with Crippen LogP contribution in [0.25, 0.3) is 0 Å². The van der Waals surface area contributed by atoms with Crippen LogP contribution in [0.5, 0.6) is 0 Å². The average molecular weight is 415 g/mol. The number of hydrogen-bond donors (Lipinski definition) is 0. The van der Waals surface area contributed by atoms with Gasteiger partial charge in [-0.2, -0.15) is 4.98 Å². The van der Waals surface area contributed by atoms with Gasteiger partial charge in [0.2, 0.25) is 17.7 Å². The minimum Gasteiger partial charge on any atom is -0.360 e. The molecule has 0 aromatic carbocycles. The molecule has 3 fully saturated rings. The molecule has 8 heteroatoms. The van der Waals surface area contributed by atoms with Crippen LogP contribution in [0.15, 0.2) is 16.7 Å². The summed E-state index contributed by atoms with van der Waals surface area (Å²) in [7, 11) is 1.74. The molecule has 1 spiro atoms.